The van der Waals surface area contributed by atoms with E-state index >= 15 is 0 Å². The normalized spacial score (nSPS) is 27.2. The molecule has 6 aliphatic heterocycles. The van der Waals surface area contributed by atoms with E-state index in [2.05, 4.69) is 79.3 Å². The third kappa shape index (κ3) is 7.31. The topological polar surface area (TPSA) is 91.7 Å². The fourth-order valence-corrected chi connectivity index (χ4v) is 11.6. The van der Waals surface area contributed by atoms with Gasteiger partial charge in [-0.2, -0.15) is 0 Å². The van der Waals surface area contributed by atoms with Crippen LogP contribution in [0, 0.1) is 23.7 Å². The number of quaternary nitrogens is 1. The van der Waals surface area contributed by atoms with E-state index in [1.807, 2.05) is 48.8 Å². The molecule has 320 valence electrons. The number of hydrogen-bond donors (Lipinski definition) is 0. The first kappa shape index (κ1) is 42.0. The first-order chi connectivity index (χ1) is 29.9. The lowest BCUT2D eigenvalue weighted by Crippen LogP contribution is -3.00. The second-order valence-electron chi connectivity index (χ2n) is 17.6. The van der Waals surface area contributed by atoms with Gasteiger partial charge in [-0.25, -0.2) is 0 Å². The van der Waals surface area contributed by atoms with Crippen LogP contribution in [0.1, 0.15) is 49.0 Å². The molecule has 0 aliphatic carbocycles. The minimum Gasteiger partial charge on any atom is -1.00 e. The largest absolute Gasteiger partial charge is 1.00 e. The molecule has 6 aliphatic rings. The van der Waals surface area contributed by atoms with Crippen molar-refractivity contribution in [2.24, 2.45) is 23.7 Å². The average Bonchev–Trinajstić information content (AvgIpc) is 3.32. The molecule has 6 fully saturated rings. The molecule has 0 amide bonds. The maximum atomic E-state index is 7.42. The Labute approximate surface area is 374 Å². The van der Waals surface area contributed by atoms with Gasteiger partial charge in [-0.05, 0) is 104 Å². The fourth-order valence-electron chi connectivity index (χ4n) is 11.6. The highest BCUT2D eigenvalue weighted by Gasteiger charge is 2.55. The van der Waals surface area contributed by atoms with Crippen molar-refractivity contribution in [3.05, 3.63) is 134 Å². The zero-order valence-corrected chi connectivity index (χ0v) is 37.2. The lowest BCUT2D eigenvalue weighted by Gasteiger charge is -2.58. The molecule has 12 rings (SSSR count). The van der Waals surface area contributed by atoms with Crippen LogP contribution in [0.15, 0.2) is 123 Å². The lowest BCUT2D eigenvalue weighted by atomic mass is 9.71. The molecule has 11 heteroatoms. The Hall–Kier alpha value is -5.36. The van der Waals surface area contributed by atoms with Crippen LogP contribution in [-0.4, -0.2) is 88.6 Å². The van der Waals surface area contributed by atoms with Crippen LogP contribution in [0.2, 0.25) is 0 Å². The molecule has 0 saturated carbocycles. The molecule has 10 nitrogen and oxygen atoms in total. The molecule has 4 bridgehead atoms. The molecule has 6 aromatic rings. The number of ether oxygens (including phenoxy) is 4. The van der Waals surface area contributed by atoms with E-state index in [4.69, 9.17) is 39.1 Å². The van der Waals surface area contributed by atoms with E-state index in [0.717, 1.165) is 118 Å². The second-order valence-corrected chi connectivity index (χ2v) is 17.6. The van der Waals surface area contributed by atoms with Gasteiger partial charge in [-0.3, -0.25) is 14.9 Å². The summed E-state index contributed by atoms with van der Waals surface area (Å²) in [6.45, 7) is 17.6. The maximum absolute atomic E-state index is 7.42. The summed E-state index contributed by atoms with van der Waals surface area (Å²) in [7, 11) is 3.40. The summed E-state index contributed by atoms with van der Waals surface area (Å²) in [5, 5.41) is 13.6. The van der Waals surface area contributed by atoms with Gasteiger partial charge in [0.05, 0.1) is 61.7 Å². The predicted molar refractivity (Wildman–Crippen MR) is 240 cm³/mol. The Morgan fingerprint density at radius 3 is 1.89 bits per heavy atom. The molecular weight excluding hydrogens is 841 g/mol. The maximum Gasteiger partial charge on any atom is 0.242 e. The van der Waals surface area contributed by atoms with Crippen LogP contribution in [0.3, 0.4) is 0 Å². The fraction of sp³-hybridized carbons (Fsp3) is 0.373. The van der Waals surface area contributed by atoms with Crippen molar-refractivity contribution in [2.45, 2.75) is 50.0 Å². The molecule has 0 N–H and O–H groups in total. The van der Waals surface area contributed by atoms with Gasteiger partial charge in [0.1, 0.15) is 23.6 Å². The van der Waals surface area contributed by atoms with Gasteiger partial charge in [0.2, 0.25) is 11.8 Å². The Bertz CT molecular complexity index is 2640. The third-order valence-electron chi connectivity index (χ3n) is 14.7. The van der Waals surface area contributed by atoms with Gasteiger partial charge in [0.15, 0.2) is 6.10 Å². The second kappa shape index (κ2) is 17.4. The molecule has 0 radical (unpaired) electrons. The molecule has 3 aromatic carbocycles. The molecule has 9 heterocycles. The number of piperidine rings is 6. The van der Waals surface area contributed by atoms with Crippen molar-refractivity contribution in [1.82, 2.24) is 25.1 Å². The van der Waals surface area contributed by atoms with Crippen molar-refractivity contribution in [3.8, 4) is 23.3 Å². The monoisotopic (exact) mass is 894 g/mol. The van der Waals surface area contributed by atoms with Gasteiger partial charge in [0.25, 0.3) is 0 Å². The highest BCUT2D eigenvalue weighted by Crippen LogP contribution is 2.50. The molecule has 2 unspecified atom stereocenters. The van der Waals surface area contributed by atoms with Crippen LogP contribution in [0.4, 0.5) is 0 Å². The summed E-state index contributed by atoms with van der Waals surface area (Å²) in [5.74, 6) is 4.48. The van der Waals surface area contributed by atoms with Crippen LogP contribution in [-0.2, 0) is 0 Å². The van der Waals surface area contributed by atoms with Crippen LogP contribution in [0.5, 0.6) is 23.3 Å². The number of fused-ring (bicyclic) bond motifs is 9. The van der Waals surface area contributed by atoms with E-state index in [-0.39, 0.29) is 41.3 Å². The minimum absolute atomic E-state index is 0. The highest BCUT2D eigenvalue weighted by molar-refractivity contribution is 5.91. The SMILES string of the molecule is C=CC[N+]12CC[C@@H](C[C@@H]1[C@@H](Oc1nnc(O[C@@H](c3ccnc4ccc(OC)cc34)[C@H]3C[C@@H]4CCN3C[C@@H]4C=C)c3ccccc13)c1ccnc3ccc(OC)cc13)[C@@H](C=C)C2.[Br-]. The van der Waals surface area contributed by atoms with Gasteiger partial charge in [-0.1, -0.05) is 30.9 Å². The van der Waals surface area contributed by atoms with E-state index in [0.29, 0.717) is 35.4 Å². The van der Waals surface area contributed by atoms with E-state index in [1.54, 1.807) is 14.2 Å². The Kier molecular flexibility index (Phi) is 11.8. The smallest absolute Gasteiger partial charge is 0.242 e. The van der Waals surface area contributed by atoms with E-state index in [1.165, 1.54) is 0 Å². The Morgan fingerprint density at radius 1 is 0.726 bits per heavy atom. The van der Waals surface area contributed by atoms with Gasteiger partial charge in [-0.15, -0.1) is 23.4 Å². The Morgan fingerprint density at radius 2 is 1.32 bits per heavy atom. The number of halogens is 1. The van der Waals surface area contributed by atoms with Gasteiger partial charge >= 0.3 is 0 Å². The molecular formula is C51H55BrN6O4. The van der Waals surface area contributed by atoms with E-state index in [9.17, 15) is 0 Å². The summed E-state index contributed by atoms with van der Waals surface area (Å²) >= 11 is 0. The van der Waals surface area contributed by atoms with Crippen molar-refractivity contribution in [1.29, 1.82) is 0 Å². The van der Waals surface area contributed by atoms with Crippen molar-refractivity contribution in [3.63, 3.8) is 0 Å². The van der Waals surface area contributed by atoms with Crippen molar-refractivity contribution in [2.75, 3.05) is 46.9 Å². The number of pyridine rings is 2. The summed E-state index contributed by atoms with van der Waals surface area (Å²) < 4.78 is 27.1. The number of aromatic nitrogens is 4. The van der Waals surface area contributed by atoms with E-state index < -0.39 is 0 Å². The first-order valence-corrected chi connectivity index (χ1v) is 21.8. The Balaban J connectivity index is 0.00000490. The zero-order valence-electron chi connectivity index (χ0n) is 35.6. The molecule has 3 aromatic heterocycles. The van der Waals surface area contributed by atoms with Crippen LogP contribution < -0.4 is 35.9 Å². The summed E-state index contributed by atoms with van der Waals surface area (Å²) in [4.78, 5) is 12.1. The quantitative estimate of drug-likeness (QED) is 0.0901. The zero-order chi connectivity index (χ0) is 41.7. The van der Waals surface area contributed by atoms with Gasteiger partial charge in [0, 0.05) is 59.6 Å². The molecule has 0 spiro atoms. The predicted octanol–water partition coefficient (Wildman–Crippen LogP) is 6.48. The third-order valence-corrected chi connectivity index (χ3v) is 14.7. The lowest BCUT2D eigenvalue weighted by molar-refractivity contribution is -0.967. The molecule has 62 heavy (non-hydrogen) atoms. The number of hydrogen-bond acceptors (Lipinski definition) is 9. The van der Waals surface area contributed by atoms with Crippen LogP contribution in [0.25, 0.3) is 32.6 Å². The van der Waals surface area contributed by atoms with Crippen LogP contribution >= 0.6 is 0 Å². The van der Waals surface area contributed by atoms with Crippen molar-refractivity contribution < 1.29 is 40.4 Å². The number of methoxy groups -OCH3 is 2. The summed E-state index contributed by atoms with van der Waals surface area (Å²) in [6, 6.07) is 24.8. The summed E-state index contributed by atoms with van der Waals surface area (Å²) in [5.41, 5.74) is 3.89. The molecule has 10 atom stereocenters. The number of benzene rings is 3. The summed E-state index contributed by atoms with van der Waals surface area (Å²) in [6.07, 6.45) is 13.7. The minimum atomic E-state index is -0.370. The number of rotatable bonds is 14. The standard InChI is InChI=1S/C51H55N6O4.BrH/c1-6-24-57-25-20-35(33(8-3)31-57)27-47(57)49(39-18-22-53-45-16-14-37(59-5)29-43(39)45)61-51-41-12-10-9-11-40(41)50(54-55-51)60-48(46-26-34-19-23-56(46)30-32(34)7-2)38-17-21-52-44-15-13-36(58-4)28-42(38)44;/h6-18,21-22,28-29,32-35,46-49H,1-3,19-20,23-27,30-31H2,4-5H3;1H/q+1;/p-1/t32-,33-,34-,35-,46+,47+,48-,49-,57?;/m0./s1. The number of nitrogens with zero attached hydrogens (tertiary/aromatic N) is 6. The van der Waals surface area contributed by atoms with Gasteiger partial charge < -0.3 is 40.4 Å². The first-order valence-electron chi connectivity index (χ1n) is 21.8. The van der Waals surface area contributed by atoms with Crippen molar-refractivity contribution >= 4 is 32.6 Å². The molecule has 6 saturated heterocycles. The highest BCUT2D eigenvalue weighted by atomic mass is 79.9. The average molecular weight is 896 g/mol.